The molecule has 2 bridgehead atoms. The van der Waals surface area contributed by atoms with Crippen molar-refractivity contribution in [3.05, 3.63) is 59.7 Å². The minimum Gasteiger partial charge on any atom is -0.468 e. The zero-order chi connectivity index (χ0) is 19.2. The summed E-state index contributed by atoms with van der Waals surface area (Å²) in [7, 11) is 0. The van der Waals surface area contributed by atoms with Gasteiger partial charge in [-0.2, -0.15) is 0 Å². The van der Waals surface area contributed by atoms with Crippen molar-refractivity contribution < 1.29 is 19.1 Å². The lowest BCUT2D eigenvalue weighted by atomic mass is 9.73. The number of nitrogens with zero attached hydrogens (tertiary/aromatic N) is 1. The molecule has 140 valence electrons. The number of aryl methyl sites for hydroxylation is 1. The molecular formula is C22H23NO4. The lowest BCUT2D eigenvalue weighted by Gasteiger charge is -2.52. The Hall–Kier alpha value is -2.82. The number of amides is 1. The Morgan fingerprint density at radius 3 is 2.63 bits per heavy atom. The molecule has 2 aliphatic rings. The molecular weight excluding hydrogens is 342 g/mol. The first kappa shape index (κ1) is 17.6. The zero-order valence-electron chi connectivity index (χ0n) is 15.8. The van der Waals surface area contributed by atoms with Crippen LogP contribution in [-0.4, -0.2) is 24.2 Å². The van der Waals surface area contributed by atoms with Crippen molar-refractivity contribution in [3.63, 3.8) is 0 Å². The lowest BCUT2D eigenvalue weighted by Crippen LogP contribution is -2.64. The first-order chi connectivity index (χ1) is 12.9. The Morgan fingerprint density at radius 1 is 1.22 bits per heavy atom. The summed E-state index contributed by atoms with van der Waals surface area (Å²) < 4.78 is 11.6. The predicted octanol–water partition coefficient (Wildman–Crippen LogP) is 3.80. The van der Waals surface area contributed by atoms with E-state index in [1.165, 1.54) is 0 Å². The Kier molecular flexibility index (Phi) is 4.17. The third-order valence-electron chi connectivity index (χ3n) is 5.44. The van der Waals surface area contributed by atoms with Gasteiger partial charge in [0.25, 0.3) is 0 Å². The number of anilines is 1. The van der Waals surface area contributed by atoms with Crippen LogP contribution in [0.2, 0.25) is 0 Å². The van der Waals surface area contributed by atoms with E-state index in [0.717, 1.165) is 22.6 Å². The lowest BCUT2D eigenvalue weighted by molar-refractivity contribution is -0.157. The molecule has 0 aliphatic carbocycles. The monoisotopic (exact) mass is 365 g/mol. The van der Waals surface area contributed by atoms with Gasteiger partial charge in [-0.25, -0.2) is 0 Å². The fraction of sp³-hybridized carbons (Fsp3) is 0.364. The fourth-order valence-electron chi connectivity index (χ4n) is 4.25. The second-order valence-electron chi connectivity index (χ2n) is 7.36. The van der Waals surface area contributed by atoms with Crippen molar-refractivity contribution in [1.29, 1.82) is 0 Å². The molecule has 5 nitrogen and oxygen atoms in total. The second-order valence-corrected chi connectivity index (χ2v) is 7.36. The summed E-state index contributed by atoms with van der Waals surface area (Å²) in [5.41, 5.74) is 1.86. The van der Waals surface area contributed by atoms with E-state index in [-0.39, 0.29) is 18.4 Å². The van der Waals surface area contributed by atoms with E-state index < -0.39 is 17.6 Å². The molecule has 0 radical (unpaired) electrons. The zero-order valence-corrected chi connectivity index (χ0v) is 15.8. The summed E-state index contributed by atoms with van der Waals surface area (Å²) in [5.74, 6) is -1.15. The van der Waals surface area contributed by atoms with E-state index >= 15 is 0 Å². The third kappa shape index (κ3) is 2.78. The smallest absolute Gasteiger partial charge is 0.319 e. The van der Waals surface area contributed by atoms with E-state index in [4.69, 9.17) is 9.47 Å². The molecule has 0 saturated carbocycles. The number of fused-ring (bicyclic) bond motifs is 4. The number of esters is 1. The molecule has 27 heavy (non-hydrogen) atoms. The number of rotatable bonds is 3. The van der Waals surface area contributed by atoms with E-state index in [9.17, 15) is 9.59 Å². The van der Waals surface area contributed by atoms with Gasteiger partial charge in [-0.1, -0.05) is 35.9 Å². The fourth-order valence-corrected chi connectivity index (χ4v) is 4.25. The molecule has 5 heteroatoms. The number of hydrogen-bond donors (Lipinski definition) is 0. The molecule has 4 rings (SSSR count). The van der Waals surface area contributed by atoms with Crippen LogP contribution in [0.25, 0.3) is 0 Å². The Morgan fingerprint density at radius 2 is 1.93 bits per heavy atom. The molecule has 0 N–H and O–H groups in total. The van der Waals surface area contributed by atoms with Crippen molar-refractivity contribution in [2.75, 3.05) is 11.5 Å². The van der Waals surface area contributed by atoms with E-state index in [2.05, 4.69) is 0 Å². The van der Waals surface area contributed by atoms with Gasteiger partial charge in [0, 0.05) is 18.0 Å². The quantitative estimate of drug-likeness (QED) is 0.613. The van der Waals surface area contributed by atoms with Crippen LogP contribution in [0.1, 0.15) is 37.3 Å². The van der Waals surface area contributed by atoms with Gasteiger partial charge < -0.3 is 9.47 Å². The number of ether oxygens (including phenoxy) is 2. The second kappa shape index (κ2) is 6.41. The summed E-state index contributed by atoms with van der Waals surface area (Å²) in [5, 5.41) is 0. The maximum atomic E-state index is 13.5. The van der Waals surface area contributed by atoms with Gasteiger partial charge in [-0.05, 0) is 44.5 Å². The van der Waals surface area contributed by atoms with Gasteiger partial charge in [-0.3, -0.25) is 14.5 Å². The summed E-state index contributed by atoms with van der Waals surface area (Å²) in [4.78, 5) is 27.9. The molecule has 1 amide bonds. The number of piperidine rings is 1. The number of carbonyl (C=O) groups is 2. The number of carbonyl (C=O) groups excluding carboxylic acids is 2. The van der Waals surface area contributed by atoms with E-state index in [1.807, 2.05) is 62.4 Å². The van der Waals surface area contributed by atoms with Crippen LogP contribution < -0.4 is 9.64 Å². The molecule has 0 aromatic heterocycles. The van der Waals surface area contributed by atoms with Gasteiger partial charge >= 0.3 is 5.97 Å². The summed E-state index contributed by atoms with van der Waals surface area (Å²) in [6.45, 7) is 5.91. The Labute approximate surface area is 158 Å². The van der Waals surface area contributed by atoms with Crippen molar-refractivity contribution in [3.8, 4) is 5.75 Å². The van der Waals surface area contributed by atoms with Crippen LogP contribution in [0.15, 0.2) is 48.5 Å². The molecule has 0 spiro atoms. The highest BCUT2D eigenvalue weighted by molar-refractivity contribution is 6.09. The molecule has 2 aliphatic heterocycles. The molecule has 2 heterocycles. The first-order valence-corrected chi connectivity index (χ1v) is 9.30. The topological polar surface area (TPSA) is 55.8 Å². The van der Waals surface area contributed by atoms with Gasteiger partial charge in [0.2, 0.25) is 5.91 Å². The van der Waals surface area contributed by atoms with Crippen LogP contribution in [0.3, 0.4) is 0 Å². The highest BCUT2D eigenvalue weighted by Crippen LogP contribution is 2.51. The standard InChI is InChI=1S/C22H23NO4/c1-4-26-21(25)19-17-13-22(3,27-18-8-6-5-7-16(17)18)23(20(19)24)15-11-9-14(2)10-12-15/h5-12,17,19H,4,13H2,1-3H3. The third-order valence-corrected chi connectivity index (χ3v) is 5.44. The Bertz CT molecular complexity index is 891. The minimum absolute atomic E-state index is 0.245. The van der Waals surface area contributed by atoms with Gasteiger partial charge in [-0.15, -0.1) is 0 Å². The van der Waals surface area contributed by atoms with E-state index in [0.29, 0.717) is 6.42 Å². The number of benzene rings is 2. The van der Waals surface area contributed by atoms with Crippen LogP contribution >= 0.6 is 0 Å². The molecule has 2 aromatic rings. The Balaban J connectivity index is 1.86. The van der Waals surface area contributed by atoms with Crippen molar-refractivity contribution in [1.82, 2.24) is 0 Å². The largest absolute Gasteiger partial charge is 0.468 e. The number of para-hydroxylation sites is 1. The van der Waals surface area contributed by atoms with Crippen LogP contribution in [0, 0.1) is 12.8 Å². The molecule has 1 fully saturated rings. The molecule has 1 saturated heterocycles. The minimum atomic E-state index is -0.871. The van der Waals surface area contributed by atoms with Gasteiger partial charge in [0.1, 0.15) is 11.7 Å². The average molecular weight is 365 g/mol. The van der Waals surface area contributed by atoms with Gasteiger partial charge in [0.15, 0.2) is 5.72 Å². The summed E-state index contributed by atoms with van der Waals surface area (Å²) >= 11 is 0. The summed E-state index contributed by atoms with van der Waals surface area (Å²) in [6, 6.07) is 15.3. The molecule has 3 atom stereocenters. The number of hydrogen-bond acceptors (Lipinski definition) is 4. The van der Waals surface area contributed by atoms with Crippen molar-refractivity contribution in [2.45, 2.75) is 38.8 Å². The first-order valence-electron chi connectivity index (χ1n) is 9.30. The maximum Gasteiger partial charge on any atom is 0.319 e. The van der Waals surface area contributed by atoms with Crippen LogP contribution in [0.4, 0.5) is 5.69 Å². The van der Waals surface area contributed by atoms with E-state index in [1.54, 1.807) is 11.8 Å². The SMILES string of the molecule is CCOC(=O)C1C(=O)N(c2ccc(C)cc2)C2(C)CC1c1ccccc1O2. The maximum absolute atomic E-state index is 13.5. The highest BCUT2D eigenvalue weighted by Gasteiger charge is 2.57. The van der Waals surface area contributed by atoms with Crippen LogP contribution in [-0.2, 0) is 14.3 Å². The molecule has 3 unspecified atom stereocenters. The van der Waals surface area contributed by atoms with Crippen molar-refractivity contribution >= 4 is 17.6 Å². The average Bonchev–Trinajstić information content (AvgIpc) is 2.63. The summed E-state index contributed by atoms with van der Waals surface area (Å²) in [6.07, 6.45) is 0.535. The predicted molar refractivity (Wildman–Crippen MR) is 102 cm³/mol. The van der Waals surface area contributed by atoms with Crippen LogP contribution in [0.5, 0.6) is 5.75 Å². The van der Waals surface area contributed by atoms with Crippen molar-refractivity contribution in [2.24, 2.45) is 5.92 Å². The molecule has 2 aromatic carbocycles. The highest BCUT2D eigenvalue weighted by atomic mass is 16.5. The van der Waals surface area contributed by atoms with Gasteiger partial charge in [0.05, 0.1) is 6.61 Å². The normalized spacial score (nSPS) is 26.2.